The first-order chi connectivity index (χ1) is 8.05. The molecule has 4 nitrogen and oxygen atoms in total. The van der Waals surface area contributed by atoms with Crippen molar-refractivity contribution in [3.05, 3.63) is 18.0 Å². The van der Waals surface area contributed by atoms with Crippen LogP contribution < -0.4 is 0 Å². The van der Waals surface area contributed by atoms with Gasteiger partial charge in [0.1, 0.15) is 5.60 Å². The Balaban J connectivity index is 2.26. The lowest BCUT2D eigenvalue weighted by Gasteiger charge is -2.39. The molecular weight excluding hydrogens is 216 g/mol. The normalized spacial score (nSPS) is 33.9. The number of aryl methyl sites for hydroxylation is 1. The highest BCUT2D eigenvalue weighted by atomic mass is 16.5. The SMILES string of the molecule is CCCn1nccc1C1(O)CC(C)OC(C)C1. The van der Waals surface area contributed by atoms with Crippen LogP contribution in [0.3, 0.4) is 0 Å². The Morgan fingerprint density at radius 3 is 2.71 bits per heavy atom. The van der Waals surface area contributed by atoms with Gasteiger partial charge in [0.15, 0.2) is 0 Å². The second-order valence-electron chi connectivity index (χ2n) is 5.14. The van der Waals surface area contributed by atoms with Crippen molar-refractivity contribution >= 4 is 0 Å². The van der Waals surface area contributed by atoms with Crippen molar-refractivity contribution < 1.29 is 9.84 Å². The number of aliphatic hydroxyl groups is 1. The van der Waals surface area contributed by atoms with Gasteiger partial charge in [-0.15, -0.1) is 0 Å². The van der Waals surface area contributed by atoms with E-state index in [-0.39, 0.29) is 12.2 Å². The topological polar surface area (TPSA) is 47.3 Å². The molecular formula is C13H22N2O2. The van der Waals surface area contributed by atoms with Gasteiger partial charge in [-0.1, -0.05) is 6.92 Å². The third-order valence-corrected chi connectivity index (χ3v) is 3.34. The predicted octanol–water partition coefficient (Wildman–Crippen LogP) is 2.07. The highest BCUT2D eigenvalue weighted by Crippen LogP contribution is 2.37. The maximum Gasteiger partial charge on any atom is 0.111 e. The Hall–Kier alpha value is -0.870. The maximum absolute atomic E-state index is 10.8. The molecule has 0 spiro atoms. The van der Waals surface area contributed by atoms with Gasteiger partial charge < -0.3 is 9.84 Å². The number of hydrogen-bond donors (Lipinski definition) is 1. The minimum absolute atomic E-state index is 0.0914. The van der Waals surface area contributed by atoms with Crippen LogP contribution in [0, 0.1) is 0 Å². The average molecular weight is 238 g/mol. The van der Waals surface area contributed by atoms with Crippen molar-refractivity contribution in [3.8, 4) is 0 Å². The monoisotopic (exact) mass is 238 g/mol. The Morgan fingerprint density at radius 2 is 2.12 bits per heavy atom. The van der Waals surface area contributed by atoms with Crippen LogP contribution in [0.1, 0.15) is 45.7 Å². The van der Waals surface area contributed by atoms with Crippen molar-refractivity contribution in [1.29, 1.82) is 0 Å². The fraction of sp³-hybridized carbons (Fsp3) is 0.769. The molecule has 2 heterocycles. The summed E-state index contributed by atoms with van der Waals surface area (Å²) in [7, 11) is 0. The van der Waals surface area contributed by atoms with Crippen molar-refractivity contribution in [2.24, 2.45) is 0 Å². The molecule has 0 amide bonds. The molecule has 17 heavy (non-hydrogen) atoms. The van der Waals surface area contributed by atoms with E-state index >= 15 is 0 Å². The highest BCUT2D eigenvalue weighted by Gasteiger charge is 2.40. The van der Waals surface area contributed by atoms with Gasteiger partial charge in [-0.05, 0) is 26.3 Å². The molecule has 0 radical (unpaired) electrons. The molecule has 1 aliphatic rings. The van der Waals surface area contributed by atoms with Crippen LogP contribution in [0.4, 0.5) is 0 Å². The molecule has 1 aromatic heterocycles. The Morgan fingerprint density at radius 1 is 1.47 bits per heavy atom. The molecule has 2 unspecified atom stereocenters. The van der Waals surface area contributed by atoms with Crippen molar-refractivity contribution in [2.45, 2.75) is 64.4 Å². The summed E-state index contributed by atoms with van der Waals surface area (Å²) >= 11 is 0. The number of aromatic nitrogens is 2. The molecule has 1 saturated heterocycles. The second kappa shape index (κ2) is 4.78. The van der Waals surface area contributed by atoms with Gasteiger partial charge in [0.05, 0.1) is 17.9 Å². The third-order valence-electron chi connectivity index (χ3n) is 3.34. The number of ether oxygens (including phenoxy) is 1. The van der Waals surface area contributed by atoms with Crippen LogP contribution in [-0.2, 0) is 16.9 Å². The summed E-state index contributed by atoms with van der Waals surface area (Å²) in [5.74, 6) is 0. The smallest absolute Gasteiger partial charge is 0.111 e. The van der Waals surface area contributed by atoms with Crippen molar-refractivity contribution in [2.75, 3.05) is 0 Å². The summed E-state index contributed by atoms with van der Waals surface area (Å²) < 4.78 is 7.61. The zero-order valence-corrected chi connectivity index (χ0v) is 10.9. The fourth-order valence-electron chi connectivity index (χ4n) is 2.85. The first-order valence-corrected chi connectivity index (χ1v) is 6.45. The molecule has 1 aliphatic heterocycles. The predicted molar refractivity (Wildman–Crippen MR) is 65.7 cm³/mol. The largest absolute Gasteiger partial charge is 0.383 e. The lowest BCUT2D eigenvalue weighted by atomic mass is 9.85. The molecule has 0 aromatic carbocycles. The van der Waals surface area contributed by atoms with Gasteiger partial charge >= 0.3 is 0 Å². The summed E-state index contributed by atoms with van der Waals surface area (Å²) in [6.07, 6.45) is 4.27. The Labute approximate surface area is 103 Å². The van der Waals surface area contributed by atoms with Gasteiger partial charge in [-0.3, -0.25) is 4.68 Å². The van der Waals surface area contributed by atoms with Crippen LogP contribution >= 0.6 is 0 Å². The fourth-order valence-corrected chi connectivity index (χ4v) is 2.85. The molecule has 2 rings (SSSR count). The summed E-state index contributed by atoms with van der Waals surface area (Å²) in [4.78, 5) is 0. The van der Waals surface area contributed by atoms with E-state index in [0.717, 1.165) is 18.7 Å². The molecule has 4 heteroatoms. The van der Waals surface area contributed by atoms with Crippen LogP contribution in [0.25, 0.3) is 0 Å². The lowest BCUT2D eigenvalue weighted by Crippen LogP contribution is -2.42. The Bertz CT molecular complexity index is 365. The number of nitrogens with zero attached hydrogens (tertiary/aromatic N) is 2. The van der Waals surface area contributed by atoms with Crippen LogP contribution in [0.5, 0.6) is 0 Å². The summed E-state index contributed by atoms with van der Waals surface area (Å²) in [6.45, 7) is 7.00. The molecule has 2 atom stereocenters. The van der Waals surface area contributed by atoms with E-state index in [1.165, 1.54) is 0 Å². The molecule has 0 aliphatic carbocycles. The molecule has 96 valence electrons. The van der Waals surface area contributed by atoms with E-state index in [9.17, 15) is 5.11 Å². The van der Waals surface area contributed by atoms with E-state index in [1.54, 1.807) is 6.20 Å². The van der Waals surface area contributed by atoms with Gasteiger partial charge in [-0.25, -0.2) is 0 Å². The summed E-state index contributed by atoms with van der Waals surface area (Å²) in [5, 5.41) is 15.1. The van der Waals surface area contributed by atoms with E-state index in [4.69, 9.17) is 4.74 Å². The molecule has 1 fully saturated rings. The van der Waals surface area contributed by atoms with E-state index < -0.39 is 5.60 Å². The first-order valence-electron chi connectivity index (χ1n) is 6.45. The minimum Gasteiger partial charge on any atom is -0.383 e. The van der Waals surface area contributed by atoms with Crippen LogP contribution in [-0.4, -0.2) is 27.1 Å². The molecule has 1 N–H and O–H groups in total. The number of rotatable bonds is 3. The second-order valence-corrected chi connectivity index (χ2v) is 5.14. The summed E-state index contributed by atoms with van der Waals surface area (Å²) in [6, 6.07) is 1.93. The van der Waals surface area contributed by atoms with E-state index in [1.807, 2.05) is 24.6 Å². The minimum atomic E-state index is -0.789. The van der Waals surface area contributed by atoms with Gasteiger partial charge in [0.25, 0.3) is 0 Å². The Kier molecular flexibility index (Phi) is 3.54. The lowest BCUT2D eigenvalue weighted by molar-refractivity contribution is -0.139. The van der Waals surface area contributed by atoms with Gasteiger partial charge in [0, 0.05) is 25.6 Å². The molecule has 0 saturated carbocycles. The quantitative estimate of drug-likeness (QED) is 0.877. The maximum atomic E-state index is 10.8. The summed E-state index contributed by atoms with van der Waals surface area (Å²) in [5.41, 5.74) is 0.143. The van der Waals surface area contributed by atoms with E-state index in [0.29, 0.717) is 12.8 Å². The van der Waals surface area contributed by atoms with Crippen LogP contribution in [0.15, 0.2) is 12.3 Å². The molecule has 1 aromatic rings. The zero-order valence-electron chi connectivity index (χ0n) is 10.9. The number of hydrogen-bond acceptors (Lipinski definition) is 3. The zero-order chi connectivity index (χ0) is 12.5. The third kappa shape index (κ3) is 2.53. The molecule has 0 bridgehead atoms. The van der Waals surface area contributed by atoms with E-state index in [2.05, 4.69) is 12.0 Å². The van der Waals surface area contributed by atoms with Gasteiger partial charge in [0.2, 0.25) is 0 Å². The van der Waals surface area contributed by atoms with Crippen LogP contribution in [0.2, 0.25) is 0 Å². The first kappa shape index (κ1) is 12.6. The highest BCUT2D eigenvalue weighted by molar-refractivity contribution is 5.14. The van der Waals surface area contributed by atoms with Gasteiger partial charge in [-0.2, -0.15) is 5.10 Å². The van der Waals surface area contributed by atoms with Crippen molar-refractivity contribution in [1.82, 2.24) is 9.78 Å². The van der Waals surface area contributed by atoms with Crippen molar-refractivity contribution in [3.63, 3.8) is 0 Å². The standard InChI is InChI=1S/C13H22N2O2/c1-4-7-15-12(5-6-14-15)13(16)8-10(2)17-11(3)9-13/h5-6,10-11,16H,4,7-9H2,1-3H3. The average Bonchev–Trinajstić information content (AvgIpc) is 2.64.